The van der Waals surface area contributed by atoms with Gasteiger partial charge in [-0.25, -0.2) is 4.98 Å². The molecule has 0 saturated carbocycles. The van der Waals surface area contributed by atoms with Crippen LogP contribution in [0.4, 0.5) is 0 Å². The third-order valence-corrected chi connectivity index (χ3v) is 4.75. The Morgan fingerprint density at radius 1 is 1.38 bits per heavy atom. The molecule has 1 aromatic rings. The van der Waals surface area contributed by atoms with E-state index in [2.05, 4.69) is 18.8 Å². The van der Waals surface area contributed by atoms with E-state index in [1.165, 1.54) is 27.1 Å². The first kappa shape index (κ1) is 11.4. The molecule has 1 heterocycles. The highest BCUT2D eigenvalue weighted by Gasteiger charge is 1.97. The molecule has 0 atom stereocenters. The highest BCUT2D eigenvalue weighted by molar-refractivity contribution is 8.02. The summed E-state index contributed by atoms with van der Waals surface area (Å²) in [6.45, 7) is 4.27. The normalized spacial score (nSPS) is 10.6. The molecular formula is C9H15NS3. The predicted molar refractivity (Wildman–Crippen MR) is 66.0 cm³/mol. The van der Waals surface area contributed by atoms with Gasteiger partial charge in [-0.15, -0.1) is 11.3 Å². The van der Waals surface area contributed by atoms with E-state index in [1.807, 2.05) is 41.1 Å². The van der Waals surface area contributed by atoms with Crippen molar-refractivity contribution in [2.24, 2.45) is 0 Å². The molecule has 0 aromatic carbocycles. The minimum absolute atomic E-state index is 1.13. The van der Waals surface area contributed by atoms with Gasteiger partial charge in [-0.05, 0) is 12.7 Å². The van der Waals surface area contributed by atoms with Crippen molar-refractivity contribution < 1.29 is 0 Å². The largest absolute Gasteiger partial charge is 0.250 e. The van der Waals surface area contributed by atoms with Crippen LogP contribution >= 0.6 is 34.9 Å². The molecular weight excluding hydrogens is 218 g/mol. The second-order valence-corrected chi connectivity index (χ2v) is 6.41. The fraction of sp³-hybridized carbons (Fsp3) is 0.667. The third kappa shape index (κ3) is 4.93. The first-order valence-electron chi connectivity index (χ1n) is 4.39. The number of hydrogen-bond acceptors (Lipinski definition) is 4. The van der Waals surface area contributed by atoms with E-state index >= 15 is 0 Å². The molecule has 0 spiro atoms. The molecule has 0 radical (unpaired) electrons. The van der Waals surface area contributed by atoms with Crippen molar-refractivity contribution in [2.75, 3.05) is 17.3 Å². The Kier molecular flexibility index (Phi) is 5.91. The molecule has 0 N–H and O–H groups in total. The average molecular weight is 233 g/mol. The van der Waals surface area contributed by atoms with Gasteiger partial charge in [-0.1, -0.05) is 6.92 Å². The topological polar surface area (TPSA) is 12.9 Å². The van der Waals surface area contributed by atoms with Gasteiger partial charge in [0.2, 0.25) is 0 Å². The lowest BCUT2D eigenvalue weighted by molar-refractivity contribution is 1.28. The Balaban J connectivity index is 2.06. The van der Waals surface area contributed by atoms with Crippen molar-refractivity contribution in [2.45, 2.75) is 19.6 Å². The van der Waals surface area contributed by atoms with Crippen LogP contribution in [-0.4, -0.2) is 22.2 Å². The summed E-state index contributed by atoms with van der Waals surface area (Å²) in [7, 11) is 0. The molecule has 0 aliphatic heterocycles. The van der Waals surface area contributed by atoms with E-state index < -0.39 is 0 Å². The number of aromatic nitrogens is 1. The minimum Gasteiger partial charge on any atom is -0.250 e. The van der Waals surface area contributed by atoms with Crippen LogP contribution < -0.4 is 0 Å². The molecule has 0 saturated heterocycles. The Morgan fingerprint density at radius 3 is 2.77 bits per heavy atom. The highest BCUT2D eigenvalue weighted by atomic mass is 32.2. The molecule has 0 unspecified atom stereocenters. The van der Waals surface area contributed by atoms with E-state index in [-0.39, 0.29) is 0 Å². The SMILES string of the molecule is CCSCCSCc1cnc(C)s1. The van der Waals surface area contributed by atoms with Crippen LogP contribution in [0.1, 0.15) is 16.8 Å². The van der Waals surface area contributed by atoms with Gasteiger partial charge >= 0.3 is 0 Å². The molecule has 0 fully saturated rings. The number of rotatable bonds is 6. The maximum atomic E-state index is 4.23. The van der Waals surface area contributed by atoms with E-state index in [0.29, 0.717) is 0 Å². The predicted octanol–water partition coefficient (Wildman–Crippen LogP) is 3.44. The van der Waals surface area contributed by atoms with Crippen molar-refractivity contribution >= 4 is 34.9 Å². The minimum atomic E-state index is 1.13. The van der Waals surface area contributed by atoms with Crippen molar-refractivity contribution in [1.82, 2.24) is 4.98 Å². The van der Waals surface area contributed by atoms with Crippen molar-refractivity contribution in [3.63, 3.8) is 0 Å². The fourth-order valence-electron chi connectivity index (χ4n) is 0.907. The summed E-state index contributed by atoms with van der Waals surface area (Å²) >= 11 is 5.84. The standard InChI is InChI=1S/C9H15NS3/c1-3-11-4-5-12-7-9-6-10-8(2)13-9/h6H,3-5,7H2,1-2H3. The first-order chi connectivity index (χ1) is 6.33. The lowest BCUT2D eigenvalue weighted by atomic mass is 10.6. The molecule has 1 aromatic heterocycles. The van der Waals surface area contributed by atoms with Gasteiger partial charge in [0.15, 0.2) is 0 Å². The van der Waals surface area contributed by atoms with Gasteiger partial charge in [0, 0.05) is 28.3 Å². The number of hydrogen-bond donors (Lipinski definition) is 0. The first-order valence-corrected chi connectivity index (χ1v) is 7.52. The summed E-state index contributed by atoms with van der Waals surface area (Å²) in [4.78, 5) is 5.64. The van der Waals surface area contributed by atoms with E-state index in [0.717, 1.165) is 5.75 Å². The van der Waals surface area contributed by atoms with Crippen LogP contribution in [0.5, 0.6) is 0 Å². The van der Waals surface area contributed by atoms with Crippen LogP contribution in [0.15, 0.2) is 6.20 Å². The Bertz CT molecular complexity index is 235. The molecule has 13 heavy (non-hydrogen) atoms. The molecule has 4 heteroatoms. The van der Waals surface area contributed by atoms with Crippen molar-refractivity contribution in [3.8, 4) is 0 Å². The van der Waals surface area contributed by atoms with Crippen LogP contribution in [0.3, 0.4) is 0 Å². The summed E-state index contributed by atoms with van der Waals surface area (Å²) < 4.78 is 0. The summed E-state index contributed by atoms with van der Waals surface area (Å²) in [6.07, 6.45) is 2.00. The third-order valence-electron chi connectivity index (χ3n) is 1.49. The highest BCUT2D eigenvalue weighted by Crippen LogP contribution is 2.19. The van der Waals surface area contributed by atoms with Crippen LogP contribution in [0.25, 0.3) is 0 Å². The molecule has 74 valence electrons. The molecule has 0 aliphatic carbocycles. The Morgan fingerprint density at radius 2 is 2.15 bits per heavy atom. The van der Waals surface area contributed by atoms with Crippen molar-refractivity contribution in [1.29, 1.82) is 0 Å². The summed E-state index contributed by atoms with van der Waals surface area (Å²) in [6, 6.07) is 0. The Labute approximate surface area is 92.7 Å². The molecule has 1 nitrogen and oxygen atoms in total. The molecule has 0 aliphatic rings. The van der Waals surface area contributed by atoms with Gasteiger partial charge in [0.1, 0.15) is 0 Å². The summed E-state index contributed by atoms with van der Waals surface area (Å²) in [5.41, 5.74) is 0. The van der Waals surface area contributed by atoms with Crippen LogP contribution in [-0.2, 0) is 5.75 Å². The second-order valence-electron chi connectivity index (χ2n) is 2.60. The molecule has 1 rings (SSSR count). The lowest BCUT2D eigenvalue weighted by Crippen LogP contribution is -1.84. The summed E-state index contributed by atoms with van der Waals surface area (Å²) in [5.74, 6) is 4.91. The van der Waals surface area contributed by atoms with Gasteiger partial charge in [0.05, 0.1) is 5.01 Å². The number of thiazole rings is 1. The second kappa shape index (κ2) is 6.74. The molecule has 0 bridgehead atoms. The fourth-order valence-corrected chi connectivity index (χ4v) is 3.63. The number of nitrogens with zero attached hydrogens (tertiary/aromatic N) is 1. The Hall–Kier alpha value is 0.330. The zero-order valence-corrected chi connectivity index (χ0v) is 10.5. The smallest absolute Gasteiger partial charge is 0.0897 e. The van der Waals surface area contributed by atoms with Crippen LogP contribution in [0.2, 0.25) is 0 Å². The van der Waals surface area contributed by atoms with Gasteiger partial charge in [-0.3, -0.25) is 0 Å². The van der Waals surface area contributed by atoms with E-state index in [1.54, 1.807) is 0 Å². The van der Waals surface area contributed by atoms with Gasteiger partial charge in [0.25, 0.3) is 0 Å². The van der Waals surface area contributed by atoms with E-state index in [9.17, 15) is 0 Å². The molecule has 0 amide bonds. The van der Waals surface area contributed by atoms with Gasteiger partial charge in [-0.2, -0.15) is 23.5 Å². The average Bonchev–Trinajstić information content (AvgIpc) is 2.51. The van der Waals surface area contributed by atoms with Crippen LogP contribution in [0, 0.1) is 6.92 Å². The number of aryl methyl sites for hydroxylation is 1. The van der Waals surface area contributed by atoms with E-state index in [4.69, 9.17) is 0 Å². The number of thioether (sulfide) groups is 2. The quantitative estimate of drug-likeness (QED) is 0.699. The maximum absolute atomic E-state index is 4.23. The maximum Gasteiger partial charge on any atom is 0.0897 e. The van der Waals surface area contributed by atoms with Crippen molar-refractivity contribution in [3.05, 3.63) is 16.1 Å². The monoisotopic (exact) mass is 233 g/mol. The van der Waals surface area contributed by atoms with Gasteiger partial charge < -0.3 is 0 Å². The zero-order chi connectivity index (χ0) is 9.52. The lowest BCUT2D eigenvalue weighted by Gasteiger charge is -1.97. The summed E-state index contributed by atoms with van der Waals surface area (Å²) in [5, 5.41) is 1.18. The zero-order valence-electron chi connectivity index (χ0n) is 8.08.